The summed E-state index contributed by atoms with van der Waals surface area (Å²) in [6, 6.07) is 8.58. The number of nitro benzene ring substituents is 1. The number of carbonyl (C=O) groups is 1. The second kappa shape index (κ2) is 7.58. The Kier molecular flexibility index (Phi) is 5.05. The fourth-order valence-electron chi connectivity index (χ4n) is 3.70. The van der Waals surface area contributed by atoms with E-state index in [4.69, 9.17) is 0 Å². The summed E-state index contributed by atoms with van der Waals surface area (Å²) in [5, 5.41) is 11.1. The molecule has 0 saturated carbocycles. The van der Waals surface area contributed by atoms with Crippen molar-refractivity contribution in [1.29, 1.82) is 0 Å². The maximum atomic E-state index is 12.8. The van der Waals surface area contributed by atoms with E-state index in [1.54, 1.807) is 18.2 Å². The van der Waals surface area contributed by atoms with Gasteiger partial charge in [0.2, 0.25) is 10.0 Å². The Labute approximate surface area is 176 Å². The highest BCUT2D eigenvalue weighted by atomic mass is 32.2. The number of hydrogen-bond acceptors (Lipinski definition) is 7. The van der Waals surface area contributed by atoms with Crippen molar-refractivity contribution < 1.29 is 18.1 Å². The van der Waals surface area contributed by atoms with Crippen molar-refractivity contribution in [1.82, 2.24) is 9.55 Å². The first-order valence-corrected chi connectivity index (χ1v) is 11.3. The number of anilines is 1. The number of nitro groups is 1. The first-order valence-electron chi connectivity index (χ1n) is 9.42. The van der Waals surface area contributed by atoms with Crippen molar-refractivity contribution >= 4 is 38.1 Å². The first kappa shape index (κ1) is 20.7. The molecule has 10 nitrogen and oxygen atoms in total. The van der Waals surface area contributed by atoms with Gasteiger partial charge in [-0.05, 0) is 42.7 Å². The number of non-ortho nitro benzene ring substituents is 1. The zero-order chi connectivity index (χ0) is 22.3. The summed E-state index contributed by atoms with van der Waals surface area (Å²) >= 11 is 0. The second-order valence-corrected chi connectivity index (χ2v) is 9.25. The third-order valence-electron chi connectivity index (χ3n) is 5.21. The van der Waals surface area contributed by atoms with Crippen LogP contribution in [0.4, 0.5) is 11.4 Å². The lowest BCUT2D eigenvalue weighted by Gasteiger charge is -2.29. The number of sulfonamides is 1. The van der Waals surface area contributed by atoms with Gasteiger partial charge < -0.3 is 0 Å². The third kappa shape index (κ3) is 3.91. The number of benzene rings is 2. The van der Waals surface area contributed by atoms with Gasteiger partial charge in [-0.25, -0.2) is 13.4 Å². The van der Waals surface area contributed by atoms with Gasteiger partial charge in [-0.2, -0.15) is 0 Å². The number of rotatable bonds is 5. The molecule has 160 valence electrons. The van der Waals surface area contributed by atoms with Crippen molar-refractivity contribution in [3.05, 3.63) is 74.3 Å². The fourth-order valence-corrected chi connectivity index (χ4v) is 4.70. The SMILES string of the molecule is CS(=O)(=O)N1CCCc2cc(C(=O)Cn3cnc4cc([N+](=O)[O-])ccc4c3=O)ccc21. The van der Waals surface area contributed by atoms with Gasteiger partial charge >= 0.3 is 0 Å². The number of aryl methyl sites for hydroxylation is 1. The van der Waals surface area contributed by atoms with Gasteiger partial charge in [-0.3, -0.25) is 28.6 Å². The van der Waals surface area contributed by atoms with Crippen molar-refractivity contribution in [2.24, 2.45) is 0 Å². The van der Waals surface area contributed by atoms with Crippen molar-refractivity contribution in [2.45, 2.75) is 19.4 Å². The molecule has 0 bridgehead atoms. The number of Topliss-reactive ketones (excluding diaryl/α,β-unsaturated/α-hetero) is 1. The highest BCUT2D eigenvalue weighted by molar-refractivity contribution is 7.92. The van der Waals surface area contributed by atoms with E-state index >= 15 is 0 Å². The molecule has 1 aromatic heterocycles. The average molecular weight is 442 g/mol. The summed E-state index contributed by atoms with van der Waals surface area (Å²) < 4.78 is 26.5. The highest BCUT2D eigenvalue weighted by Crippen LogP contribution is 2.30. The molecule has 0 radical (unpaired) electrons. The Morgan fingerprint density at radius 1 is 1.23 bits per heavy atom. The summed E-state index contributed by atoms with van der Waals surface area (Å²) in [5.74, 6) is -0.329. The van der Waals surface area contributed by atoms with Crippen LogP contribution in [-0.2, 0) is 23.0 Å². The Balaban J connectivity index is 1.64. The number of fused-ring (bicyclic) bond motifs is 2. The van der Waals surface area contributed by atoms with Gasteiger partial charge in [0.1, 0.15) is 0 Å². The number of ketones is 1. The van der Waals surface area contributed by atoms with Gasteiger partial charge in [0.25, 0.3) is 11.2 Å². The summed E-state index contributed by atoms with van der Waals surface area (Å²) in [6.07, 6.45) is 3.64. The largest absolute Gasteiger partial charge is 0.292 e. The minimum Gasteiger partial charge on any atom is -0.292 e. The average Bonchev–Trinajstić information content (AvgIpc) is 2.73. The number of nitrogens with zero attached hydrogens (tertiary/aromatic N) is 4. The molecule has 4 rings (SSSR count). The molecule has 0 N–H and O–H groups in total. The molecular weight excluding hydrogens is 424 g/mol. The molecule has 0 unspecified atom stereocenters. The summed E-state index contributed by atoms with van der Waals surface area (Å²) in [5.41, 5.74) is 1.22. The highest BCUT2D eigenvalue weighted by Gasteiger charge is 2.25. The van der Waals surface area contributed by atoms with Crippen molar-refractivity contribution in [3.63, 3.8) is 0 Å². The molecule has 0 spiro atoms. The molecule has 0 atom stereocenters. The van der Waals surface area contributed by atoms with Gasteiger partial charge in [0.15, 0.2) is 5.78 Å². The van der Waals surface area contributed by atoms with Gasteiger partial charge in [-0.15, -0.1) is 0 Å². The van der Waals surface area contributed by atoms with E-state index in [0.29, 0.717) is 30.6 Å². The fraction of sp³-hybridized carbons (Fsp3) is 0.250. The quantitative estimate of drug-likeness (QED) is 0.335. The van der Waals surface area contributed by atoms with E-state index in [-0.39, 0.29) is 28.9 Å². The second-order valence-electron chi connectivity index (χ2n) is 7.34. The summed E-state index contributed by atoms with van der Waals surface area (Å²) in [7, 11) is -3.40. The van der Waals surface area contributed by atoms with Crippen molar-refractivity contribution in [2.75, 3.05) is 17.1 Å². The molecule has 11 heteroatoms. The van der Waals surface area contributed by atoms with E-state index < -0.39 is 20.5 Å². The predicted molar refractivity (Wildman–Crippen MR) is 114 cm³/mol. The van der Waals surface area contributed by atoms with Crippen LogP contribution in [0.2, 0.25) is 0 Å². The number of hydrogen-bond donors (Lipinski definition) is 0. The number of carbonyl (C=O) groups excluding carboxylic acids is 1. The zero-order valence-corrected chi connectivity index (χ0v) is 17.3. The van der Waals surface area contributed by atoms with E-state index in [9.17, 15) is 28.1 Å². The molecule has 3 aromatic rings. The third-order valence-corrected chi connectivity index (χ3v) is 6.39. The summed E-state index contributed by atoms with van der Waals surface area (Å²) in [6.45, 7) is 0.142. The van der Waals surface area contributed by atoms with Gasteiger partial charge in [0.05, 0.1) is 40.6 Å². The molecule has 2 aromatic carbocycles. The van der Waals surface area contributed by atoms with Crippen LogP contribution in [0.1, 0.15) is 22.3 Å². The Bertz CT molecular complexity index is 1400. The van der Waals surface area contributed by atoms with Crippen LogP contribution < -0.4 is 9.86 Å². The predicted octanol–water partition coefficient (Wildman–Crippen LogP) is 1.90. The van der Waals surface area contributed by atoms with Crippen molar-refractivity contribution in [3.8, 4) is 0 Å². The molecule has 0 saturated heterocycles. The topological polar surface area (TPSA) is 132 Å². The van der Waals surface area contributed by atoms with Crippen LogP contribution in [0.15, 0.2) is 47.5 Å². The van der Waals surface area contributed by atoms with E-state index in [1.807, 2.05) is 0 Å². The first-order chi connectivity index (χ1) is 14.6. The molecule has 0 amide bonds. The molecule has 2 heterocycles. The molecule has 0 aliphatic carbocycles. The standard InChI is InChI=1S/C20H18N4O6S/c1-31(29,30)23-8-2-3-13-9-14(4-7-18(13)23)19(25)11-22-12-21-17-10-15(24(27)28)5-6-16(17)20(22)26/h4-7,9-10,12H,2-3,8,11H2,1H3. The Morgan fingerprint density at radius 3 is 2.71 bits per heavy atom. The zero-order valence-electron chi connectivity index (χ0n) is 16.5. The van der Waals surface area contributed by atoms with Gasteiger partial charge in [-0.1, -0.05) is 0 Å². The minimum atomic E-state index is -3.40. The van der Waals surface area contributed by atoms with Crippen LogP contribution >= 0.6 is 0 Å². The normalized spacial score (nSPS) is 13.8. The van der Waals surface area contributed by atoms with Crippen LogP contribution in [0, 0.1) is 10.1 Å². The van der Waals surface area contributed by atoms with Crippen LogP contribution in [0.5, 0.6) is 0 Å². The molecule has 1 aliphatic rings. The Hall–Kier alpha value is -3.60. The smallest absolute Gasteiger partial charge is 0.271 e. The van der Waals surface area contributed by atoms with Crippen LogP contribution in [-0.4, -0.2) is 41.5 Å². The molecule has 31 heavy (non-hydrogen) atoms. The molecular formula is C20H18N4O6S. The van der Waals surface area contributed by atoms with Crippen LogP contribution in [0.25, 0.3) is 10.9 Å². The maximum Gasteiger partial charge on any atom is 0.271 e. The lowest BCUT2D eigenvalue weighted by atomic mass is 9.99. The van der Waals surface area contributed by atoms with Gasteiger partial charge in [0, 0.05) is 24.2 Å². The minimum absolute atomic E-state index is 0.176. The molecule has 1 aliphatic heterocycles. The van der Waals surface area contributed by atoms with E-state index in [0.717, 1.165) is 16.4 Å². The lowest BCUT2D eigenvalue weighted by Crippen LogP contribution is -2.34. The monoisotopic (exact) mass is 442 g/mol. The summed E-state index contributed by atoms with van der Waals surface area (Å²) in [4.78, 5) is 39.9. The maximum absolute atomic E-state index is 12.8. The Morgan fingerprint density at radius 2 is 2.00 bits per heavy atom. The van der Waals surface area contributed by atoms with E-state index in [1.165, 1.54) is 28.8 Å². The number of aromatic nitrogens is 2. The van der Waals surface area contributed by atoms with E-state index in [2.05, 4.69) is 4.98 Å². The lowest BCUT2D eigenvalue weighted by molar-refractivity contribution is -0.384. The van der Waals surface area contributed by atoms with Crippen LogP contribution in [0.3, 0.4) is 0 Å². The molecule has 0 fully saturated rings.